The van der Waals surface area contributed by atoms with Gasteiger partial charge in [-0.15, -0.1) is 0 Å². The van der Waals surface area contributed by atoms with Crippen LogP contribution in [0.5, 0.6) is 11.5 Å². The van der Waals surface area contributed by atoms with Crippen molar-refractivity contribution in [2.24, 2.45) is 5.92 Å². The lowest BCUT2D eigenvalue weighted by Crippen LogP contribution is -2.47. The summed E-state index contributed by atoms with van der Waals surface area (Å²) in [7, 11) is 1.52. The fourth-order valence-electron chi connectivity index (χ4n) is 2.59. The average molecular weight is 405 g/mol. The third-order valence-corrected chi connectivity index (χ3v) is 4.38. The zero-order valence-corrected chi connectivity index (χ0v) is 17.2. The fourth-order valence-corrected chi connectivity index (χ4v) is 2.85. The third kappa shape index (κ3) is 5.63. The normalized spacial score (nSPS) is 11.6. The van der Waals surface area contributed by atoms with Gasteiger partial charge in [-0.05, 0) is 55.3 Å². The number of hydrogen-bond acceptors (Lipinski definition) is 4. The van der Waals surface area contributed by atoms with Crippen molar-refractivity contribution in [3.63, 3.8) is 0 Å². The lowest BCUT2D eigenvalue weighted by Gasteiger charge is -2.22. The van der Waals surface area contributed by atoms with Crippen LogP contribution in [0.25, 0.3) is 0 Å². The van der Waals surface area contributed by atoms with E-state index in [9.17, 15) is 9.59 Å². The van der Waals surface area contributed by atoms with Gasteiger partial charge in [-0.3, -0.25) is 9.59 Å². The van der Waals surface area contributed by atoms with Gasteiger partial charge in [0.25, 0.3) is 5.91 Å². The molecule has 28 heavy (non-hydrogen) atoms. The maximum Gasteiger partial charge on any atom is 0.251 e. The van der Waals surface area contributed by atoms with E-state index in [1.807, 2.05) is 20.8 Å². The fraction of sp³-hybridized carbons (Fsp3) is 0.333. The zero-order valence-electron chi connectivity index (χ0n) is 16.4. The predicted molar refractivity (Wildman–Crippen MR) is 110 cm³/mol. The second kappa shape index (κ2) is 9.99. The number of benzene rings is 2. The SMILES string of the molecule is CCOc1ccc(C(=O)N[C@H](C(=O)Nc2ccc(OC)c(Cl)c2)C(C)C)cc1. The Bertz CT molecular complexity index is 822. The Labute approximate surface area is 170 Å². The quantitative estimate of drug-likeness (QED) is 0.693. The summed E-state index contributed by atoms with van der Waals surface area (Å²) in [4.78, 5) is 25.3. The van der Waals surface area contributed by atoms with Crippen molar-refractivity contribution in [2.45, 2.75) is 26.8 Å². The van der Waals surface area contributed by atoms with Crippen LogP contribution in [-0.4, -0.2) is 31.6 Å². The Morgan fingerprint density at radius 1 is 1.11 bits per heavy atom. The van der Waals surface area contributed by atoms with Crippen molar-refractivity contribution in [1.82, 2.24) is 5.32 Å². The summed E-state index contributed by atoms with van der Waals surface area (Å²) in [6.45, 7) is 6.17. The minimum atomic E-state index is -0.708. The van der Waals surface area contributed by atoms with E-state index in [1.165, 1.54) is 7.11 Å². The maximum atomic E-state index is 12.7. The highest BCUT2D eigenvalue weighted by molar-refractivity contribution is 6.32. The number of carbonyl (C=O) groups excluding carboxylic acids is 2. The van der Waals surface area contributed by atoms with Crippen LogP contribution in [0.15, 0.2) is 42.5 Å². The minimum absolute atomic E-state index is 0.111. The molecule has 2 aromatic rings. The molecule has 0 bridgehead atoms. The summed E-state index contributed by atoms with van der Waals surface area (Å²) in [5.74, 6) is 0.443. The number of ether oxygens (including phenoxy) is 2. The molecule has 0 aliphatic heterocycles. The topological polar surface area (TPSA) is 76.7 Å². The van der Waals surface area contributed by atoms with Crippen LogP contribution >= 0.6 is 11.6 Å². The lowest BCUT2D eigenvalue weighted by molar-refractivity contribution is -0.118. The van der Waals surface area contributed by atoms with Gasteiger partial charge in [-0.1, -0.05) is 25.4 Å². The Balaban J connectivity index is 2.08. The first kappa shape index (κ1) is 21.6. The van der Waals surface area contributed by atoms with Gasteiger partial charge in [0.05, 0.1) is 18.7 Å². The molecular weight excluding hydrogens is 380 g/mol. The first-order valence-corrected chi connectivity index (χ1v) is 9.41. The molecule has 0 radical (unpaired) electrons. The van der Waals surface area contributed by atoms with E-state index in [0.717, 1.165) is 0 Å². The van der Waals surface area contributed by atoms with Crippen LogP contribution < -0.4 is 20.1 Å². The van der Waals surface area contributed by atoms with Crippen molar-refractivity contribution in [2.75, 3.05) is 19.0 Å². The molecule has 2 aromatic carbocycles. The summed E-state index contributed by atoms with van der Waals surface area (Å²) in [5, 5.41) is 5.97. The molecule has 0 aliphatic rings. The van der Waals surface area contributed by atoms with E-state index in [4.69, 9.17) is 21.1 Å². The molecule has 0 aliphatic carbocycles. The van der Waals surface area contributed by atoms with Crippen LogP contribution in [0.2, 0.25) is 5.02 Å². The van der Waals surface area contributed by atoms with Crippen molar-refractivity contribution in [3.8, 4) is 11.5 Å². The number of methoxy groups -OCH3 is 1. The first-order chi connectivity index (χ1) is 13.3. The standard InChI is InChI=1S/C21H25ClN2O4/c1-5-28-16-9-6-14(7-10-16)20(25)24-19(13(2)3)21(26)23-15-8-11-18(27-4)17(22)12-15/h6-13,19H,5H2,1-4H3,(H,23,26)(H,24,25)/t19-/m0/s1. The van der Waals surface area contributed by atoms with Crippen LogP contribution in [-0.2, 0) is 4.79 Å². The third-order valence-electron chi connectivity index (χ3n) is 4.08. The summed E-state index contributed by atoms with van der Waals surface area (Å²) in [5.41, 5.74) is 0.978. The van der Waals surface area contributed by atoms with Gasteiger partial charge < -0.3 is 20.1 Å². The number of hydrogen-bond donors (Lipinski definition) is 2. The van der Waals surface area contributed by atoms with E-state index in [1.54, 1.807) is 42.5 Å². The first-order valence-electron chi connectivity index (χ1n) is 9.03. The van der Waals surface area contributed by atoms with E-state index >= 15 is 0 Å². The molecule has 7 heteroatoms. The molecule has 0 saturated carbocycles. The van der Waals surface area contributed by atoms with Gasteiger partial charge in [0.1, 0.15) is 17.5 Å². The number of rotatable bonds is 8. The predicted octanol–water partition coefficient (Wildman–Crippen LogP) is 4.14. The monoisotopic (exact) mass is 404 g/mol. The maximum absolute atomic E-state index is 12.7. The Morgan fingerprint density at radius 3 is 2.32 bits per heavy atom. The smallest absolute Gasteiger partial charge is 0.251 e. The van der Waals surface area contributed by atoms with Crippen LogP contribution in [0, 0.1) is 5.92 Å². The lowest BCUT2D eigenvalue weighted by atomic mass is 10.0. The van der Waals surface area contributed by atoms with Crippen LogP contribution in [0.1, 0.15) is 31.1 Å². The van der Waals surface area contributed by atoms with Crippen molar-refractivity contribution in [1.29, 1.82) is 0 Å². The molecule has 0 aromatic heterocycles. The molecule has 6 nitrogen and oxygen atoms in total. The second-order valence-electron chi connectivity index (χ2n) is 6.49. The highest BCUT2D eigenvalue weighted by Crippen LogP contribution is 2.27. The molecule has 0 heterocycles. The molecule has 0 saturated heterocycles. The highest BCUT2D eigenvalue weighted by atomic mass is 35.5. The number of anilines is 1. The van der Waals surface area contributed by atoms with Gasteiger partial charge in [-0.2, -0.15) is 0 Å². The average Bonchev–Trinajstić information content (AvgIpc) is 2.66. The van der Waals surface area contributed by atoms with Crippen LogP contribution in [0.3, 0.4) is 0 Å². The van der Waals surface area contributed by atoms with Crippen LogP contribution in [0.4, 0.5) is 5.69 Å². The van der Waals surface area contributed by atoms with Crippen molar-refractivity contribution < 1.29 is 19.1 Å². The summed E-state index contributed by atoms with van der Waals surface area (Å²) in [6.07, 6.45) is 0. The number of amides is 2. The Morgan fingerprint density at radius 2 is 1.79 bits per heavy atom. The number of carbonyl (C=O) groups is 2. The van der Waals surface area contributed by atoms with Gasteiger partial charge in [0, 0.05) is 11.3 Å². The Kier molecular flexibility index (Phi) is 7.70. The molecule has 150 valence electrons. The molecule has 1 atom stereocenters. The molecule has 2 rings (SSSR count). The largest absolute Gasteiger partial charge is 0.495 e. The number of halogens is 1. The van der Waals surface area contributed by atoms with Gasteiger partial charge in [0.2, 0.25) is 5.91 Å². The summed E-state index contributed by atoms with van der Waals surface area (Å²) >= 11 is 6.10. The van der Waals surface area contributed by atoms with E-state index < -0.39 is 6.04 Å². The summed E-state index contributed by atoms with van der Waals surface area (Å²) < 4.78 is 10.5. The van der Waals surface area contributed by atoms with Gasteiger partial charge in [-0.25, -0.2) is 0 Å². The molecule has 2 N–H and O–H groups in total. The molecule has 0 spiro atoms. The Hall–Kier alpha value is -2.73. The highest BCUT2D eigenvalue weighted by Gasteiger charge is 2.25. The van der Waals surface area contributed by atoms with Gasteiger partial charge >= 0.3 is 0 Å². The second-order valence-corrected chi connectivity index (χ2v) is 6.90. The molecular formula is C21H25ClN2O4. The van der Waals surface area contributed by atoms with Crippen molar-refractivity contribution >= 4 is 29.1 Å². The van der Waals surface area contributed by atoms with E-state index in [2.05, 4.69) is 10.6 Å². The number of nitrogens with one attached hydrogen (secondary N) is 2. The molecule has 0 fully saturated rings. The van der Waals surface area contributed by atoms with E-state index in [-0.39, 0.29) is 17.7 Å². The molecule has 2 amide bonds. The van der Waals surface area contributed by atoms with Crippen molar-refractivity contribution in [3.05, 3.63) is 53.1 Å². The molecule has 0 unspecified atom stereocenters. The zero-order chi connectivity index (χ0) is 20.7. The summed E-state index contributed by atoms with van der Waals surface area (Å²) in [6, 6.07) is 11.0. The van der Waals surface area contributed by atoms with E-state index in [0.29, 0.717) is 34.4 Å². The minimum Gasteiger partial charge on any atom is -0.495 e. The van der Waals surface area contributed by atoms with Gasteiger partial charge in [0.15, 0.2) is 0 Å².